The zero-order valence-electron chi connectivity index (χ0n) is 9.93. The number of rotatable bonds is 3. The Labute approximate surface area is 108 Å². The minimum absolute atomic E-state index is 0.00984. The summed E-state index contributed by atoms with van der Waals surface area (Å²) in [7, 11) is 0. The molecule has 0 radical (unpaired) electrons. The molecule has 2 heterocycles. The van der Waals surface area contributed by atoms with Crippen molar-refractivity contribution in [2.45, 2.75) is 6.73 Å². The van der Waals surface area contributed by atoms with E-state index < -0.39 is 5.97 Å². The zero-order valence-corrected chi connectivity index (χ0v) is 9.93. The van der Waals surface area contributed by atoms with Crippen molar-refractivity contribution in [2.75, 3.05) is 0 Å². The second-order valence-corrected chi connectivity index (χ2v) is 3.85. The molecule has 0 saturated carbocycles. The molecule has 0 aliphatic heterocycles. The van der Waals surface area contributed by atoms with E-state index in [9.17, 15) is 4.79 Å². The van der Waals surface area contributed by atoms with E-state index in [1.165, 1.54) is 4.68 Å². The summed E-state index contributed by atoms with van der Waals surface area (Å²) in [6, 6.07) is 12.5. The number of ether oxygens (including phenoxy) is 1. The summed E-state index contributed by atoms with van der Waals surface area (Å²) in [4.78, 5) is 15.7. The molecule has 19 heavy (non-hydrogen) atoms. The van der Waals surface area contributed by atoms with E-state index in [-0.39, 0.29) is 12.4 Å². The highest BCUT2D eigenvalue weighted by molar-refractivity contribution is 5.87. The molecule has 0 N–H and O–H groups in total. The number of hydrogen-bond acceptors (Lipinski definition) is 5. The molecule has 0 saturated heterocycles. The fraction of sp³-hybridized carbons (Fsp3) is 0.0769. The summed E-state index contributed by atoms with van der Waals surface area (Å²) in [5.41, 5.74) is 1.85. The van der Waals surface area contributed by atoms with Gasteiger partial charge in [0.2, 0.25) is 0 Å². The number of carbonyl (C=O) groups is 1. The molecule has 0 fully saturated rings. The molecule has 2 aromatic heterocycles. The minimum Gasteiger partial charge on any atom is -0.438 e. The van der Waals surface area contributed by atoms with Crippen LogP contribution in [0.2, 0.25) is 0 Å². The Morgan fingerprint density at radius 2 is 2.00 bits per heavy atom. The molecule has 3 aromatic rings. The number of aromatic nitrogens is 4. The second-order valence-electron chi connectivity index (χ2n) is 3.85. The molecular weight excluding hydrogens is 244 g/mol. The van der Waals surface area contributed by atoms with Crippen molar-refractivity contribution >= 4 is 17.0 Å². The second kappa shape index (κ2) is 4.85. The average molecular weight is 254 g/mol. The van der Waals surface area contributed by atoms with Gasteiger partial charge < -0.3 is 4.74 Å². The largest absolute Gasteiger partial charge is 0.438 e. The van der Waals surface area contributed by atoms with Crippen LogP contribution in [0.3, 0.4) is 0 Å². The van der Waals surface area contributed by atoms with Gasteiger partial charge in [0.1, 0.15) is 11.2 Å². The number of benzene rings is 1. The smallest absolute Gasteiger partial charge is 0.358 e. The molecule has 6 nitrogen and oxygen atoms in total. The van der Waals surface area contributed by atoms with E-state index in [0.717, 1.165) is 11.0 Å². The molecule has 0 aliphatic carbocycles. The van der Waals surface area contributed by atoms with Crippen molar-refractivity contribution in [3.63, 3.8) is 0 Å². The van der Waals surface area contributed by atoms with Gasteiger partial charge in [-0.15, -0.1) is 5.10 Å². The first-order valence-electron chi connectivity index (χ1n) is 5.71. The van der Waals surface area contributed by atoms with E-state index in [4.69, 9.17) is 4.74 Å². The Morgan fingerprint density at radius 1 is 1.16 bits per heavy atom. The quantitative estimate of drug-likeness (QED) is 0.664. The van der Waals surface area contributed by atoms with Gasteiger partial charge in [0, 0.05) is 6.20 Å². The number of fused-ring (bicyclic) bond motifs is 1. The predicted molar refractivity (Wildman–Crippen MR) is 67.2 cm³/mol. The lowest BCUT2D eigenvalue weighted by molar-refractivity contribution is 0.0348. The lowest BCUT2D eigenvalue weighted by atomic mass is 10.3. The average Bonchev–Trinajstić information content (AvgIpc) is 2.89. The van der Waals surface area contributed by atoms with Crippen molar-refractivity contribution in [3.8, 4) is 0 Å². The van der Waals surface area contributed by atoms with Gasteiger partial charge in [-0.2, -0.15) is 0 Å². The van der Waals surface area contributed by atoms with Gasteiger partial charge in [-0.25, -0.2) is 14.5 Å². The van der Waals surface area contributed by atoms with Crippen LogP contribution in [0.1, 0.15) is 10.5 Å². The maximum absolute atomic E-state index is 11.7. The summed E-state index contributed by atoms with van der Waals surface area (Å²) >= 11 is 0. The first-order valence-corrected chi connectivity index (χ1v) is 5.71. The minimum atomic E-state index is -0.486. The van der Waals surface area contributed by atoms with E-state index in [0.29, 0.717) is 0 Å². The van der Waals surface area contributed by atoms with Crippen LogP contribution in [-0.2, 0) is 11.5 Å². The Bertz CT molecular complexity index is 709. The molecule has 0 spiro atoms. The molecule has 0 aliphatic rings. The van der Waals surface area contributed by atoms with E-state index in [2.05, 4.69) is 15.3 Å². The van der Waals surface area contributed by atoms with Crippen LogP contribution in [0, 0.1) is 0 Å². The maximum atomic E-state index is 11.7. The van der Waals surface area contributed by atoms with Crippen LogP contribution in [0.4, 0.5) is 0 Å². The number of nitrogens with zero attached hydrogens (tertiary/aromatic N) is 4. The third-order valence-electron chi connectivity index (χ3n) is 2.61. The van der Waals surface area contributed by atoms with Crippen molar-refractivity contribution < 1.29 is 9.53 Å². The number of hydrogen-bond donors (Lipinski definition) is 0. The van der Waals surface area contributed by atoms with Crippen molar-refractivity contribution in [3.05, 3.63) is 54.4 Å². The van der Waals surface area contributed by atoms with Crippen molar-refractivity contribution in [1.82, 2.24) is 20.0 Å². The van der Waals surface area contributed by atoms with Crippen LogP contribution in [-0.4, -0.2) is 25.9 Å². The van der Waals surface area contributed by atoms with Gasteiger partial charge >= 0.3 is 5.97 Å². The van der Waals surface area contributed by atoms with Gasteiger partial charge in [-0.3, -0.25) is 0 Å². The molecule has 6 heteroatoms. The summed E-state index contributed by atoms with van der Waals surface area (Å²) in [5.74, 6) is -0.486. The standard InChI is InChI=1S/C13H10N4O2/c18-13(11-6-3-4-8-14-11)19-9-17-12-7-2-1-5-10(12)15-16-17/h1-8H,9H2. The molecule has 3 rings (SSSR count). The monoisotopic (exact) mass is 254 g/mol. The van der Waals surface area contributed by atoms with Crippen LogP contribution >= 0.6 is 0 Å². The topological polar surface area (TPSA) is 69.9 Å². The van der Waals surface area contributed by atoms with Crippen molar-refractivity contribution in [2.24, 2.45) is 0 Å². The van der Waals surface area contributed by atoms with E-state index in [1.807, 2.05) is 24.3 Å². The van der Waals surface area contributed by atoms with E-state index in [1.54, 1.807) is 24.4 Å². The summed E-state index contributed by atoms with van der Waals surface area (Å²) < 4.78 is 6.66. The molecule has 1 aromatic carbocycles. The van der Waals surface area contributed by atoms with Crippen LogP contribution in [0.25, 0.3) is 11.0 Å². The SMILES string of the molecule is O=C(OCn1nnc2ccccc21)c1ccccn1. The van der Waals surface area contributed by atoms with Crippen molar-refractivity contribution in [1.29, 1.82) is 0 Å². The van der Waals surface area contributed by atoms with Crippen LogP contribution in [0.5, 0.6) is 0 Å². The molecule has 0 amide bonds. The van der Waals surface area contributed by atoms with Gasteiger partial charge in [0.25, 0.3) is 0 Å². The summed E-state index contributed by atoms with van der Waals surface area (Å²) in [6.07, 6.45) is 1.54. The Morgan fingerprint density at radius 3 is 2.84 bits per heavy atom. The number of carbonyl (C=O) groups excluding carboxylic acids is 1. The fourth-order valence-corrected chi connectivity index (χ4v) is 1.69. The number of pyridine rings is 1. The third kappa shape index (κ3) is 2.28. The lowest BCUT2D eigenvalue weighted by Gasteiger charge is -2.04. The summed E-state index contributed by atoms with van der Waals surface area (Å²) in [6.45, 7) is 0.00984. The Hall–Kier alpha value is -2.76. The van der Waals surface area contributed by atoms with Gasteiger partial charge in [-0.1, -0.05) is 23.4 Å². The molecule has 0 atom stereocenters. The Kier molecular flexibility index (Phi) is 2.89. The Balaban J connectivity index is 1.75. The molecule has 0 unspecified atom stereocenters. The predicted octanol–water partition coefficient (Wildman–Crippen LogP) is 1.64. The number of para-hydroxylation sites is 1. The highest BCUT2D eigenvalue weighted by atomic mass is 16.5. The number of esters is 1. The first kappa shape index (κ1) is 11.3. The lowest BCUT2D eigenvalue weighted by Crippen LogP contribution is -2.12. The maximum Gasteiger partial charge on any atom is 0.358 e. The summed E-state index contributed by atoms with van der Waals surface area (Å²) in [5, 5.41) is 7.91. The first-order chi connectivity index (χ1) is 9.34. The van der Waals surface area contributed by atoms with Gasteiger partial charge in [0.15, 0.2) is 6.73 Å². The van der Waals surface area contributed by atoms with Gasteiger partial charge in [-0.05, 0) is 24.3 Å². The highest BCUT2D eigenvalue weighted by Crippen LogP contribution is 2.09. The highest BCUT2D eigenvalue weighted by Gasteiger charge is 2.09. The zero-order chi connectivity index (χ0) is 13.1. The molecule has 94 valence electrons. The van der Waals surface area contributed by atoms with Crippen LogP contribution < -0.4 is 0 Å². The molecular formula is C13H10N4O2. The normalized spacial score (nSPS) is 10.5. The molecule has 0 bridgehead atoms. The van der Waals surface area contributed by atoms with Crippen LogP contribution in [0.15, 0.2) is 48.7 Å². The third-order valence-corrected chi connectivity index (χ3v) is 2.61. The van der Waals surface area contributed by atoms with E-state index >= 15 is 0 Å². The van der Waals surface area contributed by atoms with Gasteiger partial charge in [0.05, 0.1) is 5.52 Å². The fourth-order valence-electron chi connectivity index (χ4n) is 1.69.